The van der Waals surface area contributed by atoms with Crippen molar-refractivity contribution in [3.05, 3.63) is 82.2 Å². The van der Waals surface area contributed by atoms with Crippen molar-refractivity contribution in [2.45, 2.75) is 16.5 Å². The molecule has 0 aliphatic heterocycles. The minimum Gasteiger partial charge on any atom is -0.330 e. The first-order valence-corrected chi connectivity index (χ1v) is 12.1. The van der Waals surface area contributed by atoms with Gasteiger partial charge in [0, 0.05) is 16.6 Å². The van der Waals surface area contributed by atoms with E-state index in [0.29, 0.717) is 11.2 Å². The monoisotopic (exact) mass is 463 g/mol. The molecule has 9 heteroatoms. The van der Waals surface area contributed by atoms with Crippen molar-refractivity contribution in [1.82, 2.24) is 20.2 Å². The topological polar surface area (TPSA) is 83.6 Å². The van der Waals surface area contributed by atoms with E-state index in [2.05, 4.69) is 20.5 Å². The molecule has 3 heterocycles. The van der Waals surface area contributed by atoms with Crippen molar-refractivity contribution in [2.24, 2.45) is 0 Å². The Balaban J connectivity index is 1.37. The quantitative estimate of drug-likeness (QED) is 0.296. The van der Waals surface area contributed by atoms with Gasteiger partial charge in [-0.3, -0.25) is 4.79 Å². The smallest absolute Gasteiger partial charge is 0.260 e. The standard InChI is InChI=1S/C22H17N5OS3/c1-13(30-22-27-26-21(31-22)23-15-10-6-3-7-11-15)18-24-19(28)17-16(12-29-20(17)25-18)14-8-4-2-5-9-14/h2-13H,1H3,(H,23,26)(H,24,25,28). The molecule has 0 bridgehead atoms. The van der Waals surface area contributed by atoms with E-state index in [9.17, 15) is 4.79 Å². The molecule has 0 fully saturated rings. The number of nitrogens with one attached hydrogen (secondary N) is 2. The molecule has 0 spiro atoms. The van der Waals surface area contributed by atoms with Gasteiger partial charge in [-0.25, -0.2) is 4.98 Å². The van der Waals surface area contributed by atoms with Crippen LogP contribution in [-0.4, -0.2) is 20.2 Å². The number of fused-ring (bicyclic) bond motifs is 1. The van der Waals surface area contributed by atoms with E-state index in [1.807, 2.05) is 73.0 Å². The Bertz CT molecular complexity index is 1380. The molecule has 1 atom stereocenters. The lowest BCUT2D eigenvalue weighted by molar-refractivity contribution is 0.919. The average Bonchev–Trinajstić information content (AvgIpc) is 3.42. The highest BCUT2D eigenvalue weighted by molar-refractivity contribution is 8.01. The van der Waals surface area contributed by atoms with Crippen LogP contribution in [0, 0.1) is 0 Å². The molecule has 0 amide bonds. The lowest BCUT2D eigenvalue weighted by Crippen LogP contribution is -2.12. The number of benzene rings is 2. The summed E-state index contributed by atoms with van der Waals surface area (Å²) in [5.74, 6) is 0.636. The molecular formula is C22H17N5OS3. The molecule has 1 unspecified atom stereocenters. The minimum atomic E-state index is -0.115. The van der Waals surface area contributed by atoms with E-state index in [-0.39, 0.29) is 10.8 Å². The zero-order valence-corrected chi connectivity index (χ0v) is 18.9. The number of aromatic amines is 1. The number of nitrogens with zero attached hydrogens (tertiary/aromatic N) is 3. The normalized spacial score (nSPS) is 12.2. The first-order chi connectivity index (χ1) is 15.2. The summed E-state index contributed by atoms with van der Waals surface area (Å²) in [4.78, 5) is 21.3. The molecule has 5 aromatic rings. The van der Waals surface area contributed by atoms with Gasteiger partial charge < -0.3 is 10.3 Å². The molecular weight excluding hydrogens is 446 g/mol. The summed E-state index contributed by atoms with van der Waals surface area (Å²) >= 11 is 4.49. The lowest BCUT2D eigenvalue weighted by Gasteiger charge is -2.08. The summed E-state index contributed by atoms with van der Waals surface area (Å²) in [6.07, 6.45) is 0. The number of hydrogen-bond donors (Lipinski definition) is 2. The van der Waals surface area contributed by atoms with Gasteiger partial charge in [0.05, 0.1) is 10.6 Å². The van der Waals surface area contributed by atoms with Gasteiger partial charge in [-0.15, -0.1) is 21.5 Å². The molecule has 5 rings (SSSR count). The summed E-state index contributed by atoms with van der Waals surface area (Å²) in [7, 11) is 0. The van der Waals surface area contributed by atoms with Crippen LogP contribution >= 0.6 is 34.4 Å². The fourth-order valence-electron chi connectivity index (χ4n) is 3.15. The number of hydrogen-bond acceptors (Lipinski definition) is 8. The zero-order valence-electron chi connectivity index (χ0n) is 16.4. The van der Waals surface area contributed by atoms with Crippen molar-refractivity contribution in [2.75, 3.05) is 5.32 Å². The van der Waals surface area contributed by atoms with Gasteiger partial charge >= 0.3 is 0 Å². The fourth-order valence-corrected chi connectivity index (χ4v) is 6.08. The molecule has 0 aliphatic carbocycles. The molecule has 2 aromatic carbocycles. The number of H-pyrrole nitrogens is 1. The van der Waals surface area contributed by atoms with Crippen LogP contribution in [0.3, 0.4) is 0 Å². The predicted octanol–water partition coefficient (Wildman–Crippen LogP) is 6.10. The average molecular weight is 464 g/mol. The maximum atomic E-state index is 12.9. The Labute approximate surface area is 190 Å². The molecule has 0 saturated heterocycles. The van der Waals surface area contributed by atoms with Crippen LogP contribution in [-0.2, 0) is 0 Å². The Hall–Kier alpha value is -3.01. The third kappa shape index (κ3) is 4.25. The van der Waals surface area contributed by atoms with Crippen molar-refractivity contribution >= 4 is 55.5 Å². The number of thioether (sulfide) groups is 1. The Morgan fingerprint density at radius 1 is 1.03 bits per heavy atom. The SMILES string of the molecule is CC(Sc1nnc(Nc2ccccc2)s1)c1nc2scc(-c3ccccc3)c2c(=O)[nH]1. The van der Waals surface area contributed by atoms with E-state index >= 15 is 0 Å². The summed E-state index contributed by atoms with van der Waals surface area (Å²) < 4.78 is 0.810. The molecule has 2 N–H and O–H groups in total. The van der Waals surface area contributed by atoms with Crippen molar-refractivity contribution in [1.29, 1.82) is 0 Å². The number of thiophene rings is 1. The van der Waals surface area contributed by atoms with E-state index in [4.69, 9.17) is 4.98 Å². The molecule has 0 radical (unpaired) electrons. The molecule has 6 nitrogen and oxygen atoms in total. The predicted molar refractivity (Wildman–Crippen MR) is 130 cm³/mol. The number of anilines is 2. The van der Waals surface area contributed by atoms with E-state index in [0.717, 1.165) is 31.1 Å². The van der Waals surface area contributed by atoms with Crippen LogP contribution in [0.15, 0.2) is 75.2 Å². The first-order valence-electron chi connectivity index (χ1n) is 9.56. The summed E-state index contributed by atoms with van der Waals surface area (Å²) in [5.41, 5.74) is 2.79. The molecule has 0 saturated carbocycles. The second-order valence-corrected chi connectivity index (χ2v) is 10.2. The number of rotatable bonds is 6. The van der Waals surface area contributed by atoms with Gasteiger partial charge in [-0.2, -0.15) is 0 Å². The van der Waals surface area contributed by atoms with E-state index in [1.54, 1.807) is 0 Å². The van der Waals surface area contributed by atoms with Gasteiger partial charge in [0.15, 0.2) is 4.34 Å². The van der Waals surface area contributed by atoms with Crippen LogP contribution in [0.1, 0.15) is 18.0 Å². The van der Waals surface area contributed by atoms with Crippen LogP contribution in [0.5, 0.6) is 0 Å². The van der Waals surface area contributed by atoms with Crippen LogP contribution in [0.4, 0.5) is 10.8 Å². The van der Waals surface area contributed by atoms with Crippen molar-refractivity contribution in [3.63, 3.8) is 0 Å². The van der Waals surface area contributed by atoms with Gasteiger partial charge in [-0.1, -0.05) is 71.6 Å². The Morgan fingerprint density at radius 2 is 1.77 bits per heavy atom. The van der Waals surface area contributed by atoms with E-state index in [1.165, 1.54) is 34.4 Å². The number of aromatic nitrogens is 4. The van der Waals surface area contributed by atoms with Gasteiger partial charge in [0.2, 0.25) is 5.13 Å². The third-order valence-electron chi connectivity index (χ3n) is 4.64. The minimum absolute atomic E-state index is 0.0723. The van der Waals surface area contributed by atoms with E-state index < -0.39 is 0 Å². The molecule has 31 heavy (non-hydrogen) atoms. The molecule has 3 aromatic heterocycles. The van der Waals surface area contributed by atoms with Crippen LogP contribution in [0.25, 0.3) is 21.3 Å². The maximum absolute atomic E-state index is 12.9. The highest BCUT2D eigenvalue weighted by Crippen LogP contribution is 2.37. The third-order valence-corrected chi connectivity index (χ3v) is 7.55. The highest BCUT2D eigenvalue weighted by Gasteiger charge is 2.18. The molecule has 0 aliphatic rings. The van der Waals surface area contributed by atoms with Crippen LogP contribution < -0.4 is 10.9 Å². The largest absolute Gasteiger partial charge is 0.330 e. The van der Waals surface area contributed by atoms with Crippen LogP contribution in [0.2, 0.25) is 0 Å². The number of para-hydroxylation sites is 1. The fraction of sp³-hybridized carbons (Fsp3) is 0.0909. The van der Waals surface area contributed by atoms with Gasteiger partial charge in [0.1, 0.15) is 10.7 Å². The second kappa shape index (κ2) is 8.62. The van der Waals surface area contributed by atoms with Gasteiger partial charge in [-0.05, 0) is 24.6 Å². The zero-order chi connectivity index (χ0) is 21.2. The van der Waals surface area contributed by atoms with Crippen molar-refractivity contribution < 1.29 is 0 Å². The maximum Gasteiger partial charge on any atom is 0.260 e. The Morgan fingerprint density at radius 3 is 2.55 bits per heavy atom. The first kappa shape index (κ1) is 19.9. The lowest BCUT2D eigenvalue weighted by atomic mass is 10.1. The summed E-state index contributed by atoms with van der Waals surface area (Å²) in [6, 6.07) is 19.8. The highest BCUT2D eigenvalue weighted by atomic mass is 32.2. The molecule has 154 valence electrons. The van der Waals surface area contributed by atoms with Crippen molar-refractivity contribution in [3.8, 4) is 11.1 Å². The summed E-state index contributed by atoms with van der Waals surface area (Å²) in [5, 5.41) is 15.0. The summed E-state index contributed by atoms with van der Waals surface area (Å²) in [6.45, 7) is 2.01. The second-order valence-electron chi connectivity index (χ2n) is 6.77. The Kier molecular flexibility index (Phi) is 5.54. The van der Waals surface area contributed by atoms with Gasteiger partial charge in [0.25, 0.3) is 5.56 Å².